The first-order chi connectivity index (χ1) is 17.1. The number of benzene rings is 2. The Morgan fingerprint density at radius 1 is 0.971 bits per heavy atom. The van der Waals surface area contributed by atoms with Gasteiger partial charge in [0, 0.05) is 43.9 Å². The Bertz CT molecular complexity index is 1330. The van der Waals surface area contributed by atoms with Crippen LogP contribution in [0, 0.1) is 0 Å². The SMILES string of the molecule is COCc1nc(N2CCN(C(=O)c3ccc(Cl)cc3)CC2)c2cnn(-c3ccc(OC)cc3)c2n1. The fourth-order valence-corrected chi connectivity index (χ4v) is 4.31. The number of anilines is 1. The van der Waals surface area contributed by atoms with Crippen molar-refractivity contribution in [2.24, 2.45) is 0 Å². The number of rotatable bonds is 6. The molecule has 0 atom stereocenters. The van der Waals surface area contributed by atoms with E-state index in [0.29, 0.717) is 48.2 Å². The van der Waals surface area contributed by atoms with Crippen LogP contribution in [0.4, 0.5) is 5.82 Å². The number of hydrogen-bond acceptors (Lipinski definition) is 7. The summed E-state index contributed by atoms with van der Waals surface area (Å²) in [5.74, 6) is 2.14. The summed E-state index contributed by atoms with van der Waals surface area (Å²) in [5, 5.41) is 6.06. The van der Waals surface area contributed by atoms with E-state index in [0.717, 1.165) is 22.6 Å². The number of ether oxygens (including phenoxy) is 2. The molecule has 2 aromatic carbocycles. The van der Waals surface area contributed by atoms with Crippen molar-refractivity contribution >= 4 is 34.4 Å². The molecular weight excluding hydrogens is 468 g/mol. The van der Waals surface area contributed by atoms with Gasteiger partial charge in [-0.3, -0.25) is 4.79 Å². The molecule has 5 rings (SSSR count). The molecule has 1 aliphatic heterocycles. The van der Waals surface area contributed by atoms with Gasteiger partial charge in [0.25, 0.3) is 5.91 Å². The molecule has 10 heteroatoms. The van der Waals surface area contributed by atoms with Crippen LogP contribution in [-0.2, 0) is 11.3 Å². The summed E-state index contributed by atoms with van der Waals surface area (Å²) >= 11 is 5.96. The van der Waals surface area contributed by atoms with Gasteiger partial charge in [0.1, 0.15) is 18.2 Å². The molecule has 0 radical (unpaired) electrons. The van der Waals surface area contributed by atoms with E-state index in [1.807, 2.05) is 29.2 Å². The van der Waals surface area contributed by atoms with Gasteiger partial charge in [0.05, 0.1) is 24.4 Å². The lowest BCUT2D eigenvalue weighted by Crippen LogP contribution is -2.49. The van der Waals surface area contributed by atoms with Crippen LogP contribution in [0.5, 0.6) is 5.75 Å². The quantitative estimate of drug-likeness (QED) is 0.406. The van der Waals surface area contributed by atoms with Crippen LogP contribution in [0.3, 0.4) is 0 Å². The average molecular weight is 493 g/mol. The summed E-state index contributed by atoms with van der Waals surface area (Å²) < 4.78 is 12.4. The minimum atomic E-state index is 0.00143. The zero-order valence-electron chi connectivity index (χ0n) is 19.5. The van der Waals surface area contributed by atoms with E-state index < -0.39 is 0 Å². The van der Waals surface area contributed by atoms with Crippen molar-refractivity contribution in [3.63, 3.8) is 0 Å². The lowest BCUT2D eigenvalue weighted by molar-refractivity contribution is 0.0746. The van der Waals surface area contributed by atoms with Crippen molar-refractivity contribution in [2.45, 2.75) is 6.61 Å². The van der Waals surface area contributed by atoms with Crippen molar-refractivity contribution < 1.29 is 14.3 Å². The van der Waals surface area contributed by atoms with Gasteiger partial charge in [-0.2, -0.15) is 5.10 Å². The maximum Gasteiger partial charge on any atom is 0.253 e. The molecule has 1 amide bonds. The molecule has 3 heterocycles. The Morgan fingerprint density at radius 3 is 2.34 bits per heavy atom. The highest BCUT2D eigenvalue weighted by atomic mass is 35.5. The van der Waals surface area contributed by atoms with Gasteiger partial charge in [0.15, 0.2) is 11.5 Å². The number of nitrogens with zero attached hydrogens (tertiary/aromatic N) is 6. The third kappa shape index (κ3) is 4.65. The van der Waals surface area contributed by atoms with Gasteiger partial charge in [-0.15, -0.1) is 0 Å². The van der Waals surface area contributed by atoms with Crippen LogP contribution < -0.4 is 9.64 Å². The summed E-state index contributed by atoms with van der Waals surface area (Å²) in [6.45, 7) is 2.74. The lowest BCUT2D eigenvalue weighted by atomic mass is 10.2. The van der Waals surface area contributed by atoms with Crippen LogP contribution in [-0.4, -0.2) is 71.0 Å². The van der Waals surface area contributed by atoms with Crippen molar-refractivity contribution in [2.75, 3.05) is 45.3 Å². The van der Waals surface area contributed by atoms with E-state index in [1.165, 1.54) is 0 Å². The molecule has 0 spiro atoms. The van der Waals surface area contributed by atoms with Crippen LogP contribution in [0.25, 0.3) is 16.7 Å². The smallest absolute Gasteiger partial charge is 0.253 e. The zero-order valence-corrected chi connectivity index (χ0v) is 20.3. The maximum atomic E-state index is 12.9. The first-order valence-electron chi connectivity index (χ1n) is 11.2. The molecule has 9 nitrogen and oxygen atoms in total. The normalized spacial score (nSPS) is 13.9. The molecule has 1 saturated heterocycles. The Labute approximate surface area is 207 Å². The third-order valence-electron chi connectivity index (χ3n) is 6.00. The molecule has 2 aromatic heterocycles. The predicted molar refractivity (Wildman–Crippen MR) is 133 cm³/mol. The fraction of sp³-hybridized carbons (Fsp3) is 0.280. The number of aromatic nitrogens is 4. The van der Waals surface area contributed by atoms with Crippen molar-refractivity contribution in [3.05, 3.63) is 71.1 Å². The van der Waals surface area contributed by atoms with E-state index in [4.69, 9.17) is 31.0 Å². The van der Waals surface area contributed by atoms with Crippen molar-refractivity contribution in [1.29, 1.82) is 0 Å². The highest BCUT2D eigenvalue weighted by molar-refractivity contribution is 6.30. The number of piperazine rings is 1. The van der Waals surface area contributed by atoms with Crippen LogP contribution in [0.1, 0.15) is 16.2 Å². The van der Waals surface area contributed by atoms with E-state index >= 15 is 0 Å². The van der Waals surface area contributed by atoms with E-state index in [-0.39, 0.29) is 12.5 Å². The molecule has 0 aliphatic carbocycles. The highest BCUT2D eigenvalue weighted by Crippen LogP contribution is 2.28. The number of halogens is 1. The largest absolute Gasteiger partial charge is 0.497 e. The minimum absolute atomic E-state index is 0.00143. The number of methoxy groups -OCH3 is 2. The summed E-state index contributed by atoms with van der Waals surface area (Å²) in [6, 6.07) is 14.6. The second-order valence-electron chi connectivity index (χ2n) is 8.17. The molecule has 4 aromatic rings. The van der Waals surface area contributed by atoms with Gasteiger partial charge >= 0.3 is 0 Å². The minimum Gasteiger partial charge on any atom is -0.497 e. The number of carbonyl (C=O) groups excluding carboxylic acids is 1. The molecule has 0 bridgehead atoms. The average Bonchev–Trinajstić information content (AvgIpc) is 3.32. The maximum absolute atomic E-state index is 12.9. The topological polar surface area (TPSA) is 85.6 Å². The summed E-state index contributed by atoms with van der Waals surface area (Å²) in [6.07, 6.45) is 1.79. The Hall–Kier alpha value is -3.69. The molecule has 0 unspecified atom stereocenters. The van der Waals surface area contributed by atoms with E-state index in [9.17, 15) is 4.79 Å². The second-order valence-corrected chi connectivity index (χ2v) is 8.61. The number of fused-ring (bicyclic) bond motifs is 1. The van der Waals surface area contributed by atoms with Crippen LogP contribution >= 0.6 is 11.6 Å². The van der Waals surface area contributed by atoms with Crippen molar-refractivity contribution in [3.8, 4) is 11.4 Å². The molecular formula is C25H25ClN6O3. The monoisotopic (exact) mass is 492 g/mol. The Morgan fingerprint density at radius 2 is 1.69 bits per heavy atom. The number of carbonyl (C=O) groups is 1. The molecule has 0 N–H and O–H groups in total. The summed E-state index contributed by atoms with van der Waals surface area (Å²) in [7, 11) is 3.26. The molecule has 0 saturated carbocycles. The zero-order chi connectivity index (χ0) is 24.4. The molecule has 180 valence electrons. The van der Waals surface area contributed by atoms with E-state index in [1.54, 1.807) is 49.4 Å². The predicted octanol–water partition coefficient (Wildman–Crippen LogP) is 3.59. The van der Waals surface area contributed by atoms with Crippen LogP contribution in [0.2, 0.25) is 5.02 Å². The van der Waals surface area contributed by atoms with Gasteiger partial charge in [0.2, 0.25) is 0 Å². The standard InChI is InChI=1S/C25H25ClN6O3/c1-34-16-22-28-23(21-15-27-32(24(21)29-22)19-7-9-20(35-2)10-8-19)30-11-13-31(14-12-30)25(33)17-3-5-18(26)6-4-17/h3-10,15H,11-14,16H2,1-2H3. The summed E-state index contributed by atoms with van der Waals surface area (Å²) in [4.78, 5) is 26.4. The Kier molecular flexibility index (Phi) is 6.52. The van der Waals surface area contributed by atoms with E-state index in [2.05, 4.69) is 10.00 Å². The first kappa shape index (κ1) is 23.1. The molecule has 1 fully saturated rings. The highest BCUT2D eigenvalue weighted by Gasteiger charge is 2.25. The number of amides is 1. The Balaban J connectivity index is 1.42. The lowest BCUT2D eigenvalue weighted by Gasteiger charge is -2.35. The van der Waals surface area contributed by atoms with Crippen LogP contribution in [0.15, 0.2) is 54.7 Å². The summed E-state index contributed by atoms with van der Waals surface area (Å²) in [5.41, 5.74) is 2.20. The van der Waals surface area contributed by atoms with Gasteiger partial charge < -0.3 is 19.3 Å². The fourth-order valence-electron chi connectivity index (χ4n) is 4.18. The third-order valence-corrected chi connectivity index (χ3v) is 6.25. The van der Waals surface area contributed by atoms with Crippen molar-refractivity contribution in [1.82, 2.24) is 24.6 Å². The van der Waals surface area contributed by atoms with Gasteiger partial charge in [-0.25, -0.2) is 14.6 Å². The first-order valence-corrected chi connectivity index (χ1v) is 11.6. The molecule has 35 heavy (non-hydrogen) atoms. The second kappa shape index (κ2) is 9.89. The molecule has 1 aliphatic rings. The van der Waals surface area contributed by atoms with Gasteiger partial charge in [-0.1, -0.05) is 11.6 Å². The van der Waals surface area contributed by atoms with Gasteiger partial charge in [-0.05, 0) is 48.5 Å². The number of hydrogen-bond donors (Lipinski definition) is 0.